The highest BCUT2D eigenvalue weighted by Crippen LogP contribution is 2.24. The molecule has 1 atom stereocenters. The Balaban J connectivity index is 2.17. The van der Waals surface area contributed by atoms with Crippen LogP contribution < -0.4 is 0 Å². The first-order valence-corrected chi connectivity index (χ1v) is 5.80. The molecular weight excluding hydrogens is 174 g/mol. The lowest BCUT2D eigenvalue weighted by Crippen LogP contribution is -2.22. The first-order chi connectivity index (χ1) is 6.72. The van der Waals surface area contributed by atoms with Crippen molar-refractivity contribution < 1.29 is 4.79 Å². The Labute approximate surface area is 86.6 Å². The van der Waals surface area contributed by atoms with Crippen LogP contribution >= 0.6 is 0 Å². The molecule has 0 aromatic heterocycles. The molecule has 80 valence electrons. The molecule has 1 N–H and O–H groups in total. The van der Waals surface area contributed by atoms with Crippen molar-refractivity contribution in [2.24, 2.45) is 5.92 Å². The van der Waals surface area contributed by atoms with Crippen molar-refractivity contribution in [3.63, 3.8) is 0 Å². The molecule has 1 fully saturated rings. The molecule has 1 saturated carbocycles. The van der Waals surface area contributed by atoms with Gasteiger partial charge in [0.05, 0.1) is 0 Å². The van der Waals surface area contributed by atoms with Gasteiger partial charge < -0.3 is 5.41 Å². The van der Waals surface area contributed by atoms with Crippen molar-refractivity contribution in [2.75, 3.05) is 0 Å². The maximum Gasteiger partial charge on any atom is 0.138 e. The molecule has 1 aliphatic rings. The number of carbonyl (C=O) groups is 1. The second-order valence-corrected chi connectivity index (χ2v) is 4.44. The van der Waals surface area contributed by atoms with Gasteiger partial charge in [0.2, 0.25) is 0 Å². The smallest absolute Gasteiger partial charge is 0.138 e. The van der Waals surface area contributed by atoms with Crippen LogP contribution in [0, 0.1) is 11.3 Å². The van der Waals surface area contributed by atoms with E-state index in [9.17, 15) is 4.79 Å². The van der Waals surface area contributed by atoms with Crippen LogP contribution in [0.1, 0.15) is 58.3 Å². The highest BCUT2D eigenvalue weighted by molar-refractivity contribution is 6.02. The van der Waals surface area contributed by atoms with E-state index in [-0.39, 0.29) is 5.78 Å². The Hall–Kier alpha value is -0.660. The van der Waals surface area contributed by atoms with E-state index < -0.39 is 0 Å². The number of rotatable bonds is 5. The number of ketones is 1. The third-order valence-electron chi connectivity index (χ3n) is 2.93. The average Bonchev–Trinajstić information content (AvgIpc) is 2.11. The van der Waals surface area contributed by atoms with Crippen LogP contribution in [-0.4, -0.2) is 11.5 Å². The Morgan fingerprint density at radius 1 is 1.29 bits per heavy atom. The molecule has 0 radical (unpaired) electrons. The molecule has 1 rings (SSSR count). The highest BCUT2D eigenvalue weighted by atomic mass is 16.1. The second kappa shape index (κ2) is 5.94. The van der Waals surface area contributed by atoms with Crippen molar-refractivity contribution in [2.45, 2.75) is 58.3 Å². The number of nitrogens with one attached hydrogen (secondary N) is 1. The number of carbonyl (C=O) groups excluding carboxylic acids is 1. The van der Waals surface area contributed by atoms with Gasteiger partial charge in [0.1, 0.15) is 5.78 Å². The minimum atomic E-state index is 0.279. The fourth-order valence-electron chi connectivity index (χ4n) is 2.19. The van der Waals surface area contributed by atoms with E-state index in [0.717, 1.165) is 19.3 Å². The lowest BCUT2D eigenvalue weighted by Gasteiger charge is -2.21. The fraction of sp³-hybridized carbons (Fsp3) is 0.833. The van der Waals surface area contributed by atoms with Crippen LogP contribution in [0.25, 0.3) is 0 Å². The quantitative estimate of drug-likeness (QED) is 0.671. The molecule has 0 spiro atoms. The molecule has 0 aliphatic heterocycles. The van der Waals surface area contributed by atoms with Gasteiger partial charge >= 0.3 is 0 Å². The maximum atomic E-state index is 11.2. The van der Waals surface area contributed by atoms with Gasteiger partial charge in [-0.2, -0.15) is 0 Å². The van der Waals surface area contributed by atoms with E-state index in [4.69, 9.17) is 5.41 Å². The van der Waals surface area contributed by atoms with Gasteiger partial charge in [-0.25, -0.2) is 0 Å². The SMILES string of the molecule is CCCCCCC1CC(=N)CC(=O)C1. The summed E-state index contributed by atoms with van der Waals surface area (Å²) in [6.07, 6.45) is 8.26. The van der Waals surface area contributed by atoms with Crippen LogP contribution in [0.2, 0.25) is 0 Å². The molecule has 0 saturated heterocycles. The molecule has 1 aliphatic carbocycles. The van der Waals surface area contributed by atoms with Crippen LogP contribution in [0.5, 0.6) is 0 Å². The van der Waals surface area contributed by atoms with Gasteiger partial charge in [-0.3, -0.25) is 4.79 Å². The first-order valence-electron chi connectivity index (χ1n) is 5.80. The molecular formula is C12H21NO. The summed E-state index contributed by atoms with van der Waals surface area (Å²) in [5.74, 6) is 0.766. The molecule has 2 nitrogen and oxygen atoms in total. The summed E-state index contributed by atoms with van der Waals surface area (Å²) in [6.45, 7) is 2.21. The molecule has 14 heavy (non-hydrogen) atoms. The zero-order chi connectivity index (χ0) is 10.4. The second-order valence-electron chi connectivity index (χ2n) is 4.44. The Kier molecular flexibility index (Phi) is 4.85. The van der Waals surface area contributed by atoms with E-state index in [1.54, 1.807) is 0 Å². The van der Waals surface area contributed by atoms with E-state index in [0.29, 0.717) is 18.1 Å². The monoisotopic (exact) mass is 195 g/mol. The maximum absolute atomic E-state index is 11.2. The van der Waals surface area contributed by atoms with Gasteiger partial charge in [-0.15, -0.1) is 0 Å². The first kappa shape index (κ1) is 11.4. The minimum absolute atomic E-state index is 0.279. The molecule has 0 aromatic rings. The molecule has 0 amide bonds. The number of hydrogen-bond donors (Lipinski definition) is 1. The van der Waals surface area contributed by atoms with Crippen molar-refractivity contribution in [3.05, 3.63) is 0 Å². The number of unbranched alkanes of at least 4 members (excludes halogenated alkanes) is 3. The third kappa shape index (κ3) is 4.03. The summed E-state index contributed by atoms with van der Waals surface area (Å²) in [7, 11) is 0. The number of Topliss-reactive ketones (excluding diaryl/α,β-unsaturated/α-hetero) is 1. The van der Waals surface area contributed by atoms with Crippen LogP contribution in [-0.2, 0) is 4.79 Å². The lowest BCUT2D eigenvalue weighted by atomic mass is 9.83. The van der Waals surface area contributed by atoms with E-state index in [1.165, 1.54) is 25.7 Å². The average molecular weight is 195 g/mol. The zero-order valence-electron chi connectivity index (χ0n) is 9.14. The fourth-order valence-corrected chi connectivity index (χ4v) is 2.19. The normalized spacial score (nSPS) is 22.8. The van der Waals surface area contributed by atoms with Crippen LogP contribution in [0.15, 0.2) is 0 Å². The highest BCUT2D eigenvalue weighted by Gasteiger charge is 2.22. The Bertz CT molecular complexity index is 194. The molecule has 0 bridgehead atoms. The minimum Gasteiger partial charge on any atom is -0.309 e. The van der Waals surface area contributed by atoms with Gasteiger partial charge in [0, 0.05) is 18.6 Å². The lowest BCUT2D eigenvalue weighted by molar-refractivity contribution is -0.119. The summed E-state index contributed by atoms with van der Waals surface area (Å²) in [4.78, 5) is 11.2. The molecule has 0 aromatic carbocycles. The van der Waals surface area contributed by atoms with Crippen molar-refractivity contribution in [1.29, 1.82) is 5.41 Å². The van der Waals surface area contributed by atoms with Crippen LogP contribution in [0.4, 0.5) is 0 Å². The standard InChI is InChI=1S/C12H21NO/c1-2-3-4-5-6-10-7-11(13)9-12(14)8-10/h10,13H,2-9H2,1H3. The Morgan fingerprint density at radius 3 is 2.71 bits per heavy atom. The summed E-state index contributed by atoms with van der Waals surface area (Å²) in [5.41, 5.74) is 0.654. The topological polar surface area (TPSA) is 40.9 Å². The summed E-state index contributed by atoms with van der Waals surface area (Å²) in [5, 5.41) is 7.55. The summed E-state index contributed by atoms with van der Waals surface area (Å²) in [6, 6.07) is 0. The molecule has 2 heteroatoms. The van der Waals surface area contributed by atoms with E-state index in [2.05, 4.69) is 6.92 Å². The predicted molar refractivity (Wildman–Crippen MR) is 58.8 cm³/mol. The van der Waals surface area contributed by atoms with Gasteiger partial charge in [0.15, 0.2) is 0 Å². The van der Waals surface area contributed by atoms with Gasteiger partial charge in [-0.05, 0) is 18.8 Å². The Morgan fingerprint density at radius 2 is 2.07 bits per heavy atom. The van der Waals surface area contributed by atoms with E-state index in [1.807, 2.05) is 0 Å². The van der Waals surface area contributed by atoms with Crippen molar-refractivity contribution >= 4 is 11.5 Å². The van der Waals surface area contributed by atoms with Crippen molar-refractivity contribution in [1.82, 2.24) is 0 Å². The largest absolute Gasteiger partial charge is 0.309 e. The van der Waals surface area contributed by atoms with Gasteiger partial charge in [-0.1, -0.05) is 32.6 Å². The zero-order valence-corrected chi connectivity index (χ0v) is 9.14. The van der Waals surface area contributed by atoms with Gasteiger partial charge in [0.25, 0.3) is 0 Å². The molecule has 0 heterocycles. The van der Waals surface area contributed by atoms with Crippen molar-refractivity contribution in [3.8, 4) is 0 Å². The van der Waals surface area contributed by atoms with E-state index >= 15 is 0 Å². The predicted octanol–water partition coefficient (Wildman–Crippen LogP) is 3.35. The third-order valence-corrected chi connectivity index (χ3v) is 2.93. The number of hydrogen-bond acceptors (Lipinski definition) is 2. The van der Waals surface area contributed by atoms with Crippen LogP contribution in [0.3, 0.4) is 0 Å². The summed E-state index contributed by atoms with van der Waals surface area (Å²) < 4.78 is 0. The summed E-state index contributed by atoms with van der Waals surface area (Å²) >= 11 is 0. The molecule has 1 unspecified atom stereocenters.